The van der Waals surface area contributed by atoms with Gasteiger partial charge in [0.1, 0.15) is 5.54 Å². The number of likely N-dealkylation sites (N-methyl/N-ethyl adjacent to an activating group) is 1. The predicted octanol–water partition coefficient (Wildman–Crippen LogP) is 4.50. The van der Waals surface area contributed by atoms with Crippen LogP contribution >= 0.6 is 23.2 Å². The van der Waals surface area contributed by atoms with Crippen LogP contribution in [0.4, 0.5) is 5.69 Å². The van der Waals surface area contributed by atoms with Gasteiger partial charge in [-0.3, -0.25) is 9.69 Å². The van der Waals surface area contributed by atoms with E-state index in [9.17, 15) is 4.79 Å². The second kappa shape index (κ2) is 6.55. The highest BCUT2D eigenvalue weighted by molar-refractivity contribution is 6.44. The zero-order chi connectivity index (χ0) is 15.6. The van der Waals surface area contributed by atoms with Crippen LogP contribution in [-0.4, -0.2) is 30.4 Å². The van der Waals surface area contributed by atoms with Gasteiger partial charge >= 0.3 is 0 Å². The molecule has 1 aliphatic rings. The highest BCUT2D eigenvalue weighted by Gasteiger charge is 2.41. The van der Waals surface area contributed by atoms with E-state index in [0.29, 0.717) is 15.7 Å². The quantitative estimate of drug-likeness (QED) is 0.885. The Bertz CT molecular complexity index is 537. The Morgan fingerprint density at radius 2 is 1.81 bits per heavy atom. The number of anilines is 1. The molecule has 0 atom stereocenters. The largest absolute Gasteiger partial charge is 0.323 e. The van der Waals surface area contributed by atoms with Crippen molar-refractivity contribution in [3.8, 4) is 0 Å². The number of nitrogens with one attached hydrogen (secondary N) is 1. The average Bonchev–Trinajstić information content (AvgIpc) is 2.48. The molecule has 3 nitrogen and oxygen atoms in total. The maximum Gasteiger partial charge on any atom is 0.244 e. The third-order valence-electron chi connectivity index (χ3n) is 4.50. The summed E-state index contributed by atoms with van der Waals surface area (Å²) in [6.07, 6.45) is 5.10. The van der Waals surface area contributed by atoms with Crippen LogP contribution < -0.4 is 5.32 Å². The molecule has 0 aromatic heterocycles. The summed E-state index contributed by atoms with van der Waals surface area (Å²) < 4.78 is 0. The zero-order valence-electron chi connectivity index (χ0n) is 12.8. The molecule has 2 rings (SSSR count). The molecule has 21 heavy (non-hydrogen) atoms. The van der Waals surface area contributed by atoms with E-state index in [2.05, 4.69) is 5.32 Å². The summed E-state index contributed by atoms with van der Waals surface area (Å²) in [7, 11) is 3.94. The minimum Gasteiger partial charge on any atom is -0.323 e. The summed E-state index contributed by atoms with van der Waals surface area (Å²) in [6.45, 7) is 1.92. The lowest BCUT2D eigenvalue weighted by atomic mass is 9.80. The summed E-state index contributed by atoms with van der Waals surface area (Å²) in [5, 5.41) is 3.88. The molecule has 1 aliphatic carbocycles. The van der Waals surface area contributed by atoms with Gasteiger partial charge in [-0.15, -0.1) is 0 Å². The van der Waals surface area contributed by atoms with Crippen molar-refractivity contribution in [2.45, 2.75) is 44.6 Å². The molecule has 0 radical (unpaired) electrons. The lowest BCUT2D eigenvalue weighted by Gasteiger charge is -2.41. The number of rotatable bonds is 3. The molecule has 1 saturated carbocycles. The summed E-state index contributed by atoms with van der Waals surface area (Å²) in [5.74, 6) is 0.0134. The van der Waals surface area contributed by atoms with Crippen molar-refractivity contribution in [3.63, 3.8) is 0 Å². The molecule has 1 aromatic rings. The lowest BCUT2D eigenvalue weighted by Crippen LogP contribution is -2.55. The maximum atomic E-state index is 12.9. The van der Waals surface area contributed by atoms with Crippen LogP contribution in [0.5, 0.6) is 0 Å². The fraction of sp³-hybridized carbons (Fsp3) is 0.562. The van der Waals surface area contributed by atoms with Gasteiger partial charge in [-0.25, -0.2) is 0 Å². The number of hydrogen-bond donors (Lipinski definition) is 1. The number of benzene rings is 1. The molecule has 1 amide bonds. The van der Waals surface area contributed by atoms with Crippen LogP contribution in [0.2, 0.25) is 10.0 Å². The molecule has 5 heteroatoms. The minimum atomic E-state index is -0.448. The van der Waals surface area contributed by atoms with Gasteiger partial charge in [-0.2, -0.15) is 0 Å². The van der Waals surface area contributed by atoms with Gasteiger partial charge in [0.2, 0.25) is 5.91 Å². The van der Waals surface area contributed by atoms with E-state index in [1.807, 2.05) is 32.0 Å². The molecule has 116 valence electrons. The standard InChI is InChI=1S/C16H22Cl2N2O/c1-11-7-8-12(17)13(18)14(11)19-15(21)16(20(2)3)9-5-4-6-10-16/h7-8H,4-6,9-10H2,1-3H3,(H,19,21). The van der Waals surface area contributed by atoms with Gasteiger partial charge in [-0.05, 0) is 45.5 Å². The van der Waals surface area contributed by atoms with Gasteiger partial charge in [-0.1, -0.05) is 48.5 Å². The van der Waals surface area contributed by atoms with E-state index in [1.165, 1.54) is 6.42 Å². The third kappa shape index (κ3) is 3.20. The normalized spacial score (nSPS) is 17.8. The number of carbonyl (C=O) groups excluding carboxylic acids is 1. The molecule has 0 heterocycles. The maximum absolute atomic E-state index is 12.9. The third-order valence-corrected chi connectivity index (χ3v) is 5.31. The van der Waals surface area contributed by atoms with Gasteiger partial charge in [0.15, 0.2) is 0 Å². The monoisotopic (exact) mass is 328 g/mol. The highest BCUT2D eigenvalue weighted by atomic mass is 35.5. The predicted molar refractivity (Wildman–Crippen MR) is 89.3 cm³/mol. The van der Waals surface area contributed by atoms with Crippen LogP contribution in [0, 0.1) is 6.92 Å². The van der Waals surface area contributed by atoms with Crippen molar-refractivity contribution >= 4 is 34.8 Å². The highest BCUT2D eigenvalue weighted by Crippen LogP contribution is 2.37. The number of carbonyl (C=O) groups is 1. The molecule has 1 fully saturated rings. The second-order valence-electron chi connectivity index (χ2n) is 5.99. The van der Waals surface area contributed by atoms with Gasteiger partial charge < -0.3 is 5.32 Å². The number of amides is 1. The number of aryl methyl sites for hydroxylation is 1. The van der Waals surface area contributed by atoms with E-state index < -0.39 is 5.54 Å². The van der Waals surface area contributed by atoms with E-state index >= 15 is 0 Å². The first kappa shape index (κ1) is 16.6. The second-order valence-corrected chi connectivity index (χ2v) is 6.78. The Balaban J connectivity index is 2.30. The van der Waals surface area contributed by atoms with Crippen molar-refractivity contribution in [2.75, 3.05) is 19.4 Å². The fourth-order valence-corrected chi connectivity index (χ4v) is 3.46. The summed E-state index contributed by atoms with van der Waals surface area (Å²) in [4.78, 5) is 14.9. The molecular weight excluding hydrogens is 307 g/mol. The Labute approximate surface area is 136 Å². The zero-order valence-corrected chi connectivity index (χ0v) is 14.3. The molecule has 0 unspecified atom stereocenters. The van der Waals surface area contributed by atoms with E-state index in [1.54, 1.807) is 6.07 Å². The van der Waals surface area contributed by atoms with Crippen LogP contribution in [0.3, 0.4) is 0 Å². The van der Waals surface area contributed by atoms with Crippen LogP contribution in [0.1, 0.15) is 37.7 Å². The Kier molecular flexibility index (Phi) is 5.18. The Morgan fingerprint density at radius 3 is 2.38 bits per heavy atom. The Morgan fingerprint density at radius 1 is 1.19 bits per heavy atom. The van der Waals surface area contributed by atoms with Crippen molar-refractivity contribution in [1.29, 1.82) is 0 Å². The lowest BCUT2D eigenvalue weighted by molar-refractivity contribution is -0.128. The number of halogens is 2. The van der Waals surface area contributed by atoms with Crippen molar-refractivity contribution in [1.82, 2.24) is 4.90 Å². The minimum absolute atomic E-state index is 0.0134. The van der Waals surface area contributed by atoms with E-state index in [4.69, 9.17) is 23.2 Å². The van der Waals surface area contributed by atoms with Gasteiger partial charge in [0.05, 0.1) is 15.7 Å². The SMILES string of the molecule is Cc1ccc(Cl)c(Cl)c1NC(=O)C1(N(C)C)CCCCC1. The summed E-state index contributed by atoms with van der Waals surface area (Å²) >= 11 is 12.3. The first-order valence-electron chi connectivity index (χ1n) is 7.32. The summed E-state index contributed by atoms with van der Waals surface area (Å²) in [5.41, 5.74) is 1.10. The smallest absolute Gasteiger partial charge is 0.244 e. The first-order valence-corrected chi connectivity index (χ1v) is 8.07. The number of nitrogens with zero attached hydrogens (tertiary/aromatic N) is 1. The van der Waals surface area contributed by atoms with E-state index in [-0.39, 0.29) is 5.91 Å². The van der Waals surface area contributed by atoms with Crippen LogP contribution in [0.25, 0.3) is 0 Å². The topological polar surface area (TPSA) is 32.3 Å². The Hall–Kier alpha value is -0.770. The van der Waals surface area contributed by atoms with Crippen molar-refractivity contribution < 1.29 is 4.79 Å². The van der Waals surface area contributed by atoms with Crippen LogP contribution in [-0.2, 0) is 4.79 Å². The molecular formula is C16H22Cl2N2O. The van der Waals surface area contributed by atoms with E-state index in [0.717, 1.165) is 31.2 Å². The van der Waals surface area contributed by atoms with Gasteiger partial charge in [0, 0.05) is 0 Å². The molecule has 0 spiro atoms. The summed E-state index contributed by atoms with van der Waals surface area (Å²) in [6, 6.07) is 3.62. The van der Waals surface area contributed by atoms with Gasteiger partial charge in [0.25, 0.3) is 0 Å². The molecule has 0 saturated heterocycles. The average molecular weight is 329 g/mol. The number of hydrogen-bond acceptors (Lipinski definition) is 2. The van der Waals surface area contributed by atoms with Crippen molar-refractivity contribution in [3.05, 3.63) is 27.7 Å². The first-order chi connectivity index (χ1) is 9.88. The van der Waals surface area contributed by atoms with Crippen molar-refractivity contribution in [2.24, 2.45) is 0 Å². The fourth-order valence-electron chi connectivity index (χ4n) is 3.04. The molecule has 1 N–H and O–H groups in total. The molecule has 0 aliphatic heterocycles. The molecule has 1 aromatic carbocycles. The molecule has 0 bridgehead atoms. The van der Waals surface area contributed by atoms with Crippen LogP contribution in [0.15, 0.2) is 12.1 Å².